The summed E-state index contributed by atoms with van der Waals surface area (Å²) in [4.78, 5) is 11.8. The van der Waals surface area contributed by atoms with Crippen molar-refractivity contribution in [2.24, 2.45) is 0 Å². The van der Waals surface area contributed by atoms with Crippen LogP contribution >= 0.6 is 0 Å². The van der Waals surface area contributed by atoms with Crippen LogP contribution in [-0.2, 0) is 14.3 Å². The molecule has 0 saturated carbocycles. The van der Waals surface area contributed by atoms with Gasteiger partial charge in [-0.25, -0.2) is 4.39 Å². The molecular formula is C14H21FN2O3. The third-order valence-corrected chi connectivity index (χ3v) is 2.58. The second-order valence-corrected chi connectivity index (χ2v) is 4.35. The summed E-state index contributed by atoms with van der Waals surface area (Å²) in [6.07, 6.45) is 0.310. The summed E-state index contributed by atoms with van der Waals surface area (Å²) >= 11 is 0. The quantitative estimate of drug-likeness (QED) is 0.567. The highest BCUT2D eigenvalue weighted by molar-refractivity contribution is 5.96. The van der Waals surface area contributed by atoms with Crippen molar-refractivity contribution in [3.8, 4) is 0 Å². The van der Waals surface area contributed by atoms with Crippen molar-refractivity contribution in [3.05, 3.63) is 24.0 Å². The first-order chi connectivity index (χ1) is 9.54. The maximum atomic E-state index is 12.9. The number of carbonyl (C=O) groups is 1. The van der Waals surface area contributed by atoms with Gasteiger partial charge in [-0.15, -0.1) is 0 Å². The largest absolute Gasteiger partial charge is 0.397 e. The van der Waals surface area contributed by atoms with Gasteiger partial charge >= 0.3 is 0 Å². The topological polar surface area (TPSA) is 73.6 Å². The minimum Gasteiger partial charge on any atom is -0.397 e. The van der Waals surface area contributed by atoms with Crippen molar-refractivity contribution in [2.45, 2.75) is 26.4 Å². The number of nitrogen functional groups attached to an aromatic ring is 1. The van der Waals surface area contributed by atoms with E-state index in [2.05, 4.69) is 5.32 Å². The van der Waals surface area contributed by atoms with Crippen LogP contribution in [0.1, 0.15) is 20.3 Å². The summed E-state index contributed by atoms with van der Waals surface area (Å²) in [5, 5.41) is 2.59. The minimum absolute atomic E-state index is 0.178. The molecule has 112 valence electrons. The van der Waals surface area contributed by atoms with Gasteiger partial charge in [0.15, 0.2) is 0 Å². The van der Waals surface area contributed by atoms with Gasteiger partial charge in [-0.3, -0.25) is 4.79 Å². The van der Waals surface area contributed by atoms with Gasteiger partial charge in [-0.2, -0.15) is 0 Å². The molecule has 20 heavy (non-hydrogen) atoms. The lowest BCUT2D eigenvalue weighted by molar-refractivity contribution is -0.127. The summed E-state index contributed by atoms with van der Waals surface area (Å²) in [6.45, 7) is 5.12. The molecule has 0 aliphatic heterocycles. The Labute approximate surface area is 118 Å². The molecule has 0 aromatic heterocycles. The Balaban J connectivity index is 2.37. The summed E-state index contributed by atoms with van der Waals surface area (Å²) in [5.41, 5.74) is 6.16. The normalized spacial score (nSPS) is 12.2. The van der Waals surface area contributed by atoms with Crippen LogP contribution in [-0.4, -0.2) is 31.8 Å². The van der Waals surface area contributed by atoms with Crippen molar-refractivity contribution in [1.29, 1.82) is 0 Å². The molecule has 0 aliphatic carbocycles. The molecule has 0 fully saturated rings. The monoisotopic (exact) mass is 284 g/mol. The van der Waals surface area contributed by atoms with E-state index in [0.29, 0.717) is 25.5 Å². The summed E-state index contributed by atoms with van der Waals surface area (Å²) in [5.74, 6) is -0.781. The number of nitrogens with two attached hydrogens (primary N) is 1. The first-order valence-corrected chi connectivity index (χ1v) is 6.59. The number of halogens is 1. The molecule has 0 aliphatic rings. The molecule has 0 saturated heterocycles. The number of carbonyl (C=O) groups excluding carboxylic acids is 1. The first-order valence-electron chi connectivity index (χ1n) is 6.59. The fourth-order valence-electron chi connectivity index (χ4n) is 1.49. The Morgan fingerprint density at radius 1 is 1.40 bits per heavy atom. The van der Waals surface area contributed by atoms with E-state index in [0.717, 1.165) is 12.5 Å². The Morgan fingerprint density at radius 2 is 2.15 bits per heavy atom. The van der Waals surface area contributed by atoms with E-state index < -0.39 is 11.9 Å². The van der Waals surface area contributed by atoms with Crippen LogP contribution in [0.15, 0.2) is 18.2 Å². The van der Waals surface area contributed by atoms with Gasteiger partial charge in [0.05, 0.1) is 24.6 Å². The van der Waals surface area contributed by atoms with Gasteiger partial charge < -0.3 is 20.5 Å². The molecule has 1 unspecified atom stereocenters. The standard InChI is InChI=1S/C14H21FN2O3/c1-3-6-19-7-8-20-10(2)14(18)17-13-5-4-11(15)9-12(13)16/h4-5,9-10H,3,6-8,16H2,1-2H3,(H,17,18). The van der Waals surface area contributed by atoms with E-state index in [1.807, 2.05) is 6.92 Å². The van der Waals surface area contributed by atoms with Gasteiger partial charge in [0.1, 0.15) is 11.9 Å². The highest BCUT2D eigenvalue weighted by Gasteiger charge is 2.14. The second kappa shape index (κ2) is 8.50. The third kappa shape index (κ3) is 5.54. The lowest BCUT2D eigenvalue weighted by Crippen LogP contribution is -2.29. The second-order valence-electron chi connectivity index (χ2n) is 4.35. The Kier molecular flexibility index (Phi) is 6.97. The summed E-state index contributed by atoms with van der Waals surface area (Å²) < 4.78 is 23.5. The highest BCUT2D eigenvalue weighted by atomic mass is 19.1. The zero-order chi connectivity index (χ0) is 15.0. The van der Waals surface area contributed by atoms with Crippen LogP contribution in [0.4, 0.5) is 15.8 Å². The number of hydrogen-bond acceptors (Lipinski definition) is 4. The van der Waals surface area contributed by atoms with E-state index in [4.69, 9.17) is 15.2 Å². The average molecular weight is 284 g/mol. The summed E-state index contributed by atoms with van der Waals surface area (Å²) in [6, 6.07) is 3.80. The molecular weight excluding hydrogens is 263 g/mol. The molecule has 0 radical (unpaired) electrons. The van der Waals surface area contributed by atoms with Gasteiger partial charge in [0.25, 0.3) is 5.91 Å². The van der Waals surface area contributed by atoms with Gasteiger partial charge in [0.2, 0.25) is 0 Å². The van der Waals surface area contributed by atoms with Crippen molar-refractivity contribution in [2.75, 3.05) is 30.9 Å². The van der Waals surface area contributed by atoms with E-state index in [1.165, 1.54) is 12.1 Å². The van der Waals surface area contributed by atoms with E-state index in [-0.39, 0.29) is 11.6 Å². The molecule has 3 N–H and O–H groups in total. The molecule has 1 aromatic carbocycles. The molecule has 0 bridgehead atoms. The lowest BCUT2D eigenvalue weighted by atomic mass is 10.2. The molecule has 5 nitrogen and oxygen atoms in total. The fourth-order valence-corrected chi connectivity index (χ4v) is 1.49. The van der Waals surface area contributed by atoms with Crippen LogP contribution in [0.2, 0.25) is 0 Å². The zero-order valence-electron chi connectivity index (χ0n) is 11.8. The number of nitrogens with one attached hydrogen (secondary N) is 1. The molecule has 0 heterocycles. The Bertz CT molecular complexity index is 440. The highest BCUT2D eigenvalue weighted by Crippen LogP contribution is 2.19. The van der Waals surface area contributed by atoms with Crippen LogP contribution in [0.3, 0.4) is 0 Å². The maximum Gasteiger partial charge on any atom is 0.253 e. The van der Waals surface area contributed by atoms with E-state index >= 15 is 0 Å². The van der Waals surface area contributed by atoms with Crippen molar-refractivity contribution in [3.63, 3.8) is 0 Å². The molecule has 1 aromatic rings. The molecule has 1 amide bonds. The Hall–Kier alpha value is -1.66. The van der Waals surface area contributed by atoms with Crippen molar-refractivity contribution < 1.29 is 18.7 Å². The molecule has 1 rings (SSSR count). The average Bonchev–Trinajstić information content (AvgIpc) is 2.41. The van der Waals surface area contributed by atoms with Crippen molar-refractivity contribution >= 4 is 17.3 Å². The third-order valence-electron chi connectivity index (χ3n) is 2.58. The van der Waals surface area contributed by atoms with Crippen LogP contribution in [0.5, 0.6) is 0 Å². The fraction of sp³-hybridized carbons (Fsp3) is 0.500. The molecule has 1 atom stereocenters. The number of amides is 1. The SMILES string of the molecule is CCCOCCOC(C)C(=O)Nc1ccc(F)cc1N. The maximum absolute atomic E-state index is 12.9. The number of rotatable bonds is 8. The van der Waals surface area contributed by atoms with Crippen molar-refractivity contribution in [1.82, 2.24) is 0 Å². The van der Waals surface area contributed by atoms with Crippen LogP contribution in [0, 0.1) is 5.82 Å². The lowest BCUT2D eigenvalue weighted by Gasteiger charge is -2.14. The number of benzene rings is 1. The number of ether oxygens (including phenoxy) is 2. The minimum atomic E-state index is -0.635. The summed E-state index contributed by atoms with van der Waals surface area (Å²) in [7, 11) is 0. The van der Waals surface area contributed by atoms with Gasteiger partial charge in [-0.1, -0.05) is 6.92 Å². The van der Waals surface area contributed by atoms with Gasteiger partial charge in [-0.05, 0) is 31.5 Å². The van der Waals surface area contributed by atoms with Crippen LogP contribution in [0.25, 0.3) is 0 Å². The van der Waals surface area contributed by atoms with Gasteiger partial charge in [0, 0.05) is 6.61 Å². The van der Waals surface area contributed by atoms with E-state index in [1.54, 1.807) is 6.92 Å². The predicted octanol–water partition coefficient (Wildman–Crippen LogP) is 2.18. The molecule has 0 spiro atoms. The predicted molar refractivity (Wildman–Crippen MR) is 76.0 cm³/mol. The number of anilines is 2. The smallest absolute Gasteiger partial charge is 0.253 e. The Morgan fingerprint density at radius 3 is 2.80 bits per heavy atom. The number of hydrogen-bond donors (Lipinski definition) is 2. The first kappa shape index (κ1) is 16.4. The molecule has 6 heteroatoms. The van der Waals surface area contributed by atoms with E-state index in [9.17, 15) is 9.18 Å². The van der Waals surface area contributed by atoms with Crippen LogP contribution < -0.4 is 11.1 Å². The zero-order valence-corrected chi connectivity index (χ0v) is 11.8.